The van der Waals surface area contributed by atoms with Crippen LogP contribution < -0.4 is 10.1 Å². The van der Waals surface area contributed by atoms with Crippen molar-refractivity contribution in [1.29, 1.82) is 0 Å². The summed E-state index contributed by atoms with van der Waals surface area (Å²) in [7, 11) is 3.75. The Morgan fingerprint density at radius 1 is 0.952 bits per heavy atom. The van der Waals surface area contributed by atoms with Crippen molar-refractivity contribution in [3.63, 3.8) is 0 Å². The predicted molar refractivity (Wildman–Crippen MR) is 89.0 cm³/mol. The molecule has 112 valence electrons. The summed E-state index contributed by atoms with van der Waals surface area (Å²) in [5.74, 6) is 0.916. The minimum absolute atomic E-state index is 0.500. The smallest absolute Gasteiger partial charge is 0.118 e. The van der Waals surface area contributed by atoms with Gasteiger partial charge < -0.3 is 10.1 Å². The quantitative estimate of drug-likeness (QED) is 0.835. The molecule has 2 aromatic rings. The maximum absolute atomic E-state index is 5.20. The molecule has 0 bridgehead atoms. The van der Waals surface area contributed by atoms with E-state index in [2.05, 4.69) is 48.6 Å². The normalized spacial score (nSPS) is 12.1. The molecule has 0 spiro atoms. The molecule has 2 nitrogen and oxygen atoms in total. The first-order valence-electron chi connectivity index (χ1n) is 7.57. The lowest BCUT2D eigenvalue weighted by atomic mass is 9.99. The molecule has 2 aromatic carbocycles. The van der Waals surface area contributed by atoms with Crippen LogP contribution in [-0.4, -0.2) is 20.2 Å². The number of hydrogen-bond acceptors (Lipinski definition) is 2. The van der Waals surface area contributed by atoms with Gasteiger partial charge in [-0.3, -0.25) is 0 Å². The van der Waals surface area contributed by atoms with Crippen LogP contribution in [0.2, 0.25) is 0 Å². The summed E-state index contributed by atoms with van der Waals surface area (Å²) in [6.45, 7) is 2.13. The molecule has 2 rings (SSSR count). The Kier molecular flexibility index (Phi) is 5.82. The first-order valence-corrected chi connectivity index (χ1v) is 7.57. The van der Waals surface area contributed by atoms with E-state index in [1.807, 2.05) is 19.2 Å². The third-order valence-corrected chi connectivity index (χ3v) is 3.95. The number of nitrogens with one attached hydrogen (secondary N) is 1. The Labute approximate surface area is 128 Å². The van der Waals surface area contributed by atoms with E-state index in [1.165, 1.54) is 16.7 Å². The van der Waals surface area contributed by atoms with Gasteiger partial charge in [0.15, 0.2) is 0 Å². The van der Waals surface area contributed by atoms with Crippen molar-refractivity contribution in [2.75, 3.05) is 14.2 Å². The Hall–Kier alpha value is -1.80. The SMILES string of the molecule is CNC(CCc1ccc(C)cc1)Cc1ccc(OC)cc1. The molecule has 0 saturated carbocycles. The van der Waals surface area contributed by atoms with Crippen LogP contribution in [0.5, 0.6) is 5.75 Å². The van der Waals surface area contributed by atoms with E-state index in [-0.39, 0.29) is 0 Å². The van der Waals surface area contributed by atoms with Gasteiger partial charge in [0.05, 0.1) is 7.11 Å². The summed E-state index contributed by atoms with van der Waals surface area (Å²) in [4.78, 5) is 0. The molecule has 0 aliphatic carbocycles. The second-order valence-electron chi connectivity index (χ2n) is 5.56. The van der Waals surface area contributed by atoms with E-state index in [0.717, 1.165) is 25.0 Å². The maximum Gasteiger partial charge on any atom is 0.118 e. The number of benzene rings is 2. The molecular weight excluding hydrogens is 258 g/mol. The molecule has 21 heavy (non-hydrogen) atoms. The third-order valence-electron chi connectivity index (χ3n) is 3.95. The number of methoxy groups -OCH3 is 1. The monoisotopic (exact) mass is 283 g/mol. The van der Waals surface area contributed by atoms with Crippen molar-refractivity contribution in [1.82, 2.24) is 5.32 Å². The predicted octanol–water partition coefficient (Wildman–Crippen LogP) is 3.77. The van der Waals surface area contributed by atoms with Crippen LogP contribution in [0.4, 0.5) is 0 Å². The highest BCUT2D eigenvalue weighted by Crippen LogP contribution is 2.15. The van der Waals surface area contributed by atoms with Gasteiger partial charge in [-0.05, 0) is 56.5 Å². The summed E-state index contributed by atoms with van der Waals surface area (Å²) in [6.07, 6.45) is 3.31. The van der Waals surface area contributed by atoms with E-state index >= 15 is 0 Å². The number of ether oxygens (including phenoxy) is 1. The Morgan fingerprint density at radius 2 is 1.57 bits per heavy atom. The zero-order chi connectivity index (χ0) is 15.1. The molecule has 1 unspecified atom stereocenters. The van der Waals surface area contributed by atoms with Crippen LogP contribution in [0.15, 0.2) is 48.5 Å². The summed E-state index contributed by atoms with van der Waals surface area (Å²) in [5.41, 5.74) is 4.08. The topological polar surface area (TPSA) is 21.3 Å². The van der Waals surface area contributed by atoms with Gasteiger partial charge in [-0.25, -0.2) is 0 Å². The molecule has 0 saturated heterocycles. The lowest BCUT2D eigenvalue weighted by molar-refractivity contribution is 0.414. The van der Waals surface area contributed by atoms with Crippen molar-refractivity contribution in [2.45, 2.75) is 32.2 Å². The summed E-state index contributed by atoms with van der Waals surface area (Å²) in [6, 6.07) is 17.7. The van der Waals surface area contributed by atoms with E-state index in [9.17, 15) is 0 Å². The molecule has 0 aliphatic heterocycles. The molecule has 0 fully saturated rings. The van der Waals surface area contributed by atoms with Gasteiger partial charge in [-0.2, -0.15) is 0 Å². The number of aryl methyl sites for hydroxylation is 2. The summed E-state index contributed by atoms with van der Waals surface area (Å²) < 4.78 is 5.20. The molecule has 0 heterocycles. The van der Waals surface area contributed by atoms with Crippen LogP contribution in [0.25, 0.3) is 0 Å². The van der Waals surface area contributed by atoms with Crippen LogP contribution >= 0.6 is 0 Å². The van der Waals surface area contributed by atoms with Gasteiger partial charge in [-0.1, -0.05) is 42.0 Å². The minimum atomic E-state index is 0.500. The first kappa shape index (κ1) is 15.6. The zero-order valence-corrected chi connectivity index (χ0v) is 13.2. The number of hydrogen-bond donors (Lipinski definition) is 1. The standard InChI is InChI=1S/C19H25NO/c1-15-4-6-16(7-5-15)8-11-18(20-2)14-17-9-12-19(21-3)13-10-17/h4-7,9-10,12-13,18,20H,8,11,14H2,1-3H3. The number of rotatable bonds is 7. The van der Waals surface area contributed by atoms with Crippen molar-refractivity contribution in [2.24, 2.45) is 0 Å². The second kappa shape index (κ2) is 7.84. The molecule has 1 atom stereocenters. The Balaban J connectivity index is 1.88. The van der Waals surface area contributed by atoms with E-state index in [1.54, 1.807) is 7.11 Å². The summed E-state index contributed by atoms with van der Waals surface area (Å²) >= 11 is 0. The average molecular weight is 283 g/mol. The Bertz CT molecular complexity index is 530. The van der Waals surface area contributed by atoms with E-state index in [0.29, 0.717) is 6.04 Å². The Morgan fingerprint density at radius 3 is 2.14 bits per heavy atom. The summed E-state index contributed by atoms with van der Waals surface area (Å²) in [5, 5.41) is 3.43. The first-order chi connectivity index (χ1) is 10.2. The van der Waals surface area contributed by atoms with Crippen molar-refractivity contribution in [3.05, 3.63) is 65.2 Å². The number of likely N-dealkylation sites (N-methyl/N-ethyl adjacent to an activating group) is 1. The van der Waals surface area contributed by atoms with Gasteiger partial charge in [-0.15, -0.1) is 0 Å². The maximum atomic E-state index is 5.20. The minimum Gasteiger partial charge on any atom is -0.497 e. The molecule has 0 radical (unpaired) electrons. The van der Waals surface area contributed by atoms with Gasteiger partial charge in [0.2, 0.25) is 0 Å². The van der Waals surface area contributed by atoms with Crippen molar-refractivity contribution < 1.29 is 4.74 Å². The van der Waals surface area contributed by atoms with E-state index in [4.69, 9.17) is 4.74 Å². The van der Waals surface area contributed by atoms with Crippen LogP contribution in [0.1, 0.15) is 23.1 Å². The van der Waals surface area contributed by atoms with Crippen LogP contribution in [0.3, 0.4) is 0 Å². The van der Waals surface area contributed by atoms with Crippen molar-refractivity contribution in [3.8, 4) is 5.75 Å². The zero-order valence-electron chi connectivity index (χ0n) is 13.2. The second-order valence-corrected chi connectivity index (χ2v) is 5.56. The molecule has 1 N–H and O–H groups in total. The van der Waals surface area contributed by atoms with Crippen LogP contribution in [-0.2, 0) is 12.8 Å². The lowest BCUT2D eigenvalue weighted by Crippen LogP contribution is -2.28. The average Bonchev–Trinajstić information content (AvgIpc) is 2.53. The fraction of sp³-hybridized carbons (Fsp3) is 0.368. The van der Waals surface area contributed by atoms with Gasteiger partial charge >= 0.3 is 0 Å². The van der Waals surface area contributed by atoms with E-state index < -0.39 is 0 Å². The van der Waals surface area contributed by atoms with Crippen LogP contribution in [0, 0.1) is 6.92 Å². The van der Waals surface area contributed by atoms with Gasteiger partial charge in [0.25, 0.3) is 0 Å². The molecule has 0 amide bonds. The fourth-order valence-electron chi connectivity index (χ4n) is 2.49. The highest BCUT2D eigenvalue weighted by molar-refractivity contribution is 5.27. The molecular formula is C19H25NO. The molecule has 0 aromatic heterocycles. The highest BCUT2D eigenvalue weighted by Gasteiger charge is 2.08. The third kappa shape index (κ3) is 4.91. The van der Waals surface area contributed by atoms with Gasteiger partial charge in [0, 0.05) is 6.04 Å². The fourth-order valence-corrected chi connectivity index (χ4v) is 2.49. The molecule has 2 heteroatoms. The lowest BCUT2D eigenvalue weighted by Gasteiger charge is -2.16. The molecule has 0 aliphatic rings. The highest BCUT2D eigenvalue weighted by atomic mass is 16.5. The largest absolute Gasteiger partial charge is 0.497 e. The van der Waals surface area contributed by atoms with Crippen molar-refractivity contribution >= 4 is 0 Å². The van der Waals surface area contributed by atoms with Gasteiger partial charge in [0.1, 0.15) is 5.75 Å².